The zero-order valence-electron chi connectivity index (χ0n) is 9.03. The first-order valence-electron chi connectivity index (χ1n) is 5.03. The minimum atomic E-state index is -0.426. The zero-order valence-corrected chi connectivity index (χ0v) is 9.03. The number of amides is 1. The van der Waals surface area contributed by atoms with E-state index in [1.807, 2.05) is 13.8 Å². The van der Waals surface area contributed by atoms with Gasteiger partial charge in [0.15, 0.2) is 0 Å². The number of piperazine rings is 1. The summed E-state index contributed by atoms with van der Waals surface area (Å²) in [6.45, 7) is 8.93. The van der Waals surface area contributed by atoms with Crippen LogP contribution in [-0.4, -0.2) is 23.5 Å². The summed E-state index contributed by atoms with van der Waals surface area (Å²) < 4.78 is 0. The second-order valence-corrected chi connectivity index (χ2v) is 4.42. The largest absolute Gasteiger partial charge is 0.353 e. The van der Waals surface area contributed by atoms with Gasteiger partial charge in [0.2, 0.25) is 5.91 Å². The van der Waals surface area contributed by atoms with E-state index in [9.17, 15) is 4.79 Å². The minimum Gasteiger partial charge on any atom is -0.353 e. The molecule has 2 N–H and O–H groups in total. The molecule has 0 spiro atoms. The second-order valence-electron chi connectivity index (χ2n) is 4.42. The van der Waals surface area contributed by atoms with Gasteiger partial charge in [0.1, 0.15) is 0 Å². The molecule has 3 nitrogen and oxygen atoms in total. The van der Waals surface area contributed by atoms with Gasteiger partial charge in [-0.15, -0.1) is 0 Å². The highest BCUT2D eigenvalue weighted by atomic mass is 16.2. The third-order valence-electron chi connectivity index (χ3n) is 3.09. The number of carbonyl (C=O) groups excluding carboxylic acids is 1. The summed E-state index contributed by atoms with van der Waals surface area (Å²) >= 11 is 0. The Bertz CT molecular complexity index is 207. The van der Waals surface area contributed by atoms with Crippen molar-refractivity contribution in [1.29, 1.82) is 0 Å². The Morgan fingerprint density at radius 1 is 1.31 bits per heavy atom. The molecule has 1 fully saturated rings. The number of hydrogen-bond donors (Lipinski definition) is 2. The van der Waals surface area contributed by atoms with Crippen LogP contribution in [0.4, 0.5) is 0 Å². The maximum Gasteiger partial charge on any atom is 0.239 e. The fraction of sp³-hybridized carbons (Fsp3) is 0.900. The van der Waals surface area contributed by atoms with Gasteiger partial charge in [-0.25, -0.2) is 0 Å². The van der Waals surface area contributed by atoms with Gasteiger partial charge in [0.25, 0.3) is 0 Å². The lowest BCUT2D eigenvalue weighted by atomic mass is 9.85. The molecule has 0 aromatic heterocycles. The Morgan fingerprint density at radius 3 is 2.23 bits per heavy atom. The highest BCUT2D eigenvalue weighted by Gasteiger charge is 2.41. The number of carbonyl (C=O) groups is 1. The molecule has 76 valence electrons. The summed E-state index contributed by atoms with van der Waals surface area (Å²) in [6.07, 6.45) is 2.10. The van der Waals surface area contributed by atoms with Gasteiger partial charge in [-0.3, -0.25) is 10.1 Å². The molecule has 0 aromatic rings. The van der Waals surface area contributed by atoms with Gasteiger partial charge in [0.05, 0.1) is 5.54 Å². The van der Waals surface area contributed by atoms with Gasteiger partial charge in [-0.05, 0) is 26.7 Å². The molecule has 1 aliphatic rings. The van der Waals surface area contributed by atoms with Crippen molar-refractivity contribution in [2.24, 2.45) is 0 Å². The second kappa shape index (κ2) is 3.29. The standard InChI is InChI=1S/C10H20N2O/c1-5-10(6-2)7-11-8(13)9(3,4)12-10/h12H,5-7H2,1-4H3,(H,11,13). The maximum absolute atomic E-state index is 11.5. The molecule has 1 saturated heterocycles. The molecule has 0 atom stereocenters. The summed E-state index contributed by atoms with van der Waals surface area (Å²) in [5.74, 6) is 0.102. The predicted molar refractivity (Wildman–Crippen MR) is 53.5 cm³/mol. The van der Waals surface area contributed by atoms with Gasteiger partial charge < -0.3 is 5.32 Å². The summed E-state index contributed by atoms with van der Waals surface area (Å²) in [5.41, 5.74) is -0.332. The molecule has 0 aliphatic carbocycles. The number of hydrogen-bond acceptors (Lipinski definition) is 2. The molecule has 3 heteroatoms. The van der Waals surface area contributed by atoms with E-state index in [1.54, 1.807) is 0 Å². The monoisotopic (exact) mass is 184 g/mol. The Morgan fingerprint density at radius 2 is 1.85 bits per heavy atom. The third-order valence-corrected chi connectivity index (χ3v) is 3.09. The SMILES string of the molecule is CCC1(CC)CNC(=O)C(C)(C)N1. The molecule has 13 heavy (non-hydrogen) atoms. The lowest BCUT2D eigenvalue weighted by molar-refractivity contribution is -0.130. The summed E-state index contributed by atoms with van der Waals surface area (Å²) in [5, 5.41) is 6.41. The first-order chi connectivity index (χ1) is 5.96. The smallest absolute Gasteiger partial charge is 0.239 e. The molecule has 0 saturated carbocycles. The van der Waals surface area contributed by atoms with Crippen LogP contribution in [0, 0.1) is 0 Å². The van der Waals surface area contributed by atoms with Crippen molar-refractivity contribution >= 4 is 5.91 Å². The van der Waals surface area contributed by atoms with E-state index in [0.29, 0.717) is 0 Å². The molecule has 1 aliphatic heterocycles. The Kier molecular flexibility index (Phi) is 2.66. The van der Waals surface area contributed by atoms with Crippen molar-refractivity contribution in [2.45, 2.75) is 51.6 Å². The van der Waals surface area contributed by atoms with Crippen molar-refractivity contribution in [3.8, 4) is 0 Å². The molecular formula is C10H20N2O. The fourth-order valence-electron chi connectivity index (χ4n) is 1.91. The van der Waals surface area contributed by atoms with Crippen molar-refractivity contribution in [1.82, 2.24) is 10.6 Å². The van der Waals surface area contributed by atoms with Gasteiger partial charge >= 0.3 is 0 Å². The van der Waals surface area contributed by atoms with E-state index in [1.165, 1.54) is 0 Å². The maximum atomic E-state index is 11.5. The average molecular weight is 184 g/mol. The van der Waals surface area contributed by atoms with E-state index in [4.69, 9.17) is 0 Å². The molecule has 0 unspecified atom stereocenters. The minimum absolute atomic E-state index is 0.0947. The average Bonchev–Trinajstić information content (AvgIpc) is 2.10. The van der Waals surface area contributed by atoms with Crippen LogP contribution >= 0.6 is 0 Å². The first-order valence-corrected chi connectivity index (χ1v) is 5.03. The first kappa shape index (κ1) is 10.5. The lowest BCUT2D eigenvalue weighted by Crippen LogP contribution is -2.70. The summed E-state index contributed by atoms with van der Waals surface area (Å²) in [6, 6.07) is 0. The summed E-state index contributed by atoms with van der Waals surface area (Å²) in [4.78, 5) is 11.5. The van der Waals surface area contributed by atoms with E-state index >= 15 is 0 Å². The van der Waals surface area contributed by atoms with Gasteiger partial charge in [0, 0.05) is 12.1 Å². The highest BCUT2D eigenvalue weighted by molar-refractivity contribution is 5.86. The molecule has 0 aromatic carbocycles. The molecule has 1 rings (SSSR count). The van der Waals surface area contributed by atoms with Gasteiger partial charge in [-0.1, -0.05) is 13.8 Å². The Labute approximate surface area is 80.3 Å². The lowest BCUT2D eigenvalue weighted by Gasteiger charge is -2.45. The zero-order chi connectivity index (χ0) is 10.1. The van der Waals surface area contributed by atoms with E-state index < -0.39 is 5.54 Å². The normalized spacial score (nSPS) is 25.4. The van der Waals surface area contributed by atoms with Crippen molar-refractivity contribution in [3.05, 3.63) is 0 Å². The predicted octanol–water partition coefficient (Wildman–Crippen LogP) is 1.04. The topological polar surface area (TPSA) is 41.1 Å². The van der Waals surface area contributed by atoms with Gasteiger partial charge in [-0.2, -0.15) is 0 Å². The third kappa shape index (κ3) is 1.85. The van der Waals surface area contributed by atoms with Crippen molar-refractivity contribution in [3.63, 3.8) is 0 Å². The molecule has 1 amide bonds. The van der Waals surface area contributed by atoms with E-state index in [2.05, 4.69) is 24.5 Å². The van der Waals surface area contributed by atoms with Crippen LogP contribution in [0.5, 0.6) is 0 Å². The number of rotatable bonds is 2. The van der Waals surface area contributed by atoms with Crippen LogP contribution in [0.15, 0.2) is 0 Å². The van der Waals surface area contributed by atoms with Crippen LogP contribution in [0.25, 0.3) is 0 Å². The quantitative estimate of drug-likeness (QED) is 0.673. The fourth-order valence-corrected chi connectivity index (χ4v) is 1.91. The Hall–Kier alpha value is -0.570. The molecular weight excluding hydrogens is 164 g/mol. The van der Waals surface area contributed by atoms with Crippen molar-refractivity contribution in [2.75, 3.05) is 6.54 Å². The highest BCUT2D eigenvalue weighted by Crippen LogP contribution is 2.22. The van der Waals surface area contributed by atoms with Crippen LogP contribution in [0.1, 0.15) is 40.5 Å². The van der Waals surface area contributed by atoms with Crippen LogP contribution < -0.4 is 10.6 Å². The van der Waals surface area contributed by atoms with E-state index in [0.717, 1.165) is 19.4 Å². The molecule has 0 bridgehead atoms. The Balaban J connectivity index is 2.80. The van der Waals surface area contributed by atoms with Crippen LogP contribution in [0.2, 0.25) is 0 Å². The summed E-state index contributed by atoms with van der Waals surface area (Å²) in [7, 11) is 0. The molecule has 0 radical (unpaired) electrons. The number of nitrogens with one attached hydrogen (secondary N) is 2. The van der Waals surface area contributed by atoms with E-state index in [-0.39, 0.29) is 11.4 Å². The molecule has 1 heterocycles. The van der Waals surface area contributed by atoms with Crippen LogP contribution in [0.3, 0.4) is 0 Å². The van der Waals surface area contributed by atoms with Crippen molar-refractivity contribution < 1.29 is 4.79 Å². The van der Waals surface area contributed by atoms with Crippen LogP contribution in [-0.2, 0) is 4.79 Å².